The number of carboxylic acids is 1. The van der Waals surface area contributed by atoms with Gasteiger partial charge in [-0.05, 0) is 0 Å². The van der Waals surface area contributed by atoms with E-state index in [9.17, 15) is 13.2 Å². The van der Waals surface area contributed by atoms with Crippen LogP contribution in [0, 0.1) is 0 Å². The zero-order valence-corrected chi connectivity index (χ0v) is 10.9. The van der Waals surface area contributed by atoms with Gasteiger partial charge < -0.3 is 10.2 Å². The molecule has 1 atom stereocenters. The van der Waals surface area contributed by atoms with Gasteiger partial charge in [-0.15, -0.1) is 0 Å². The fourth-order valence-corrected chi connectivity index (χ4v) is 0.382. The van der Waals surface area contributed by atoms with Gasteiger partial charge in [0, 0.05) is 59.1 Å². The molecule has 0 aliphatic heterocycles. The number of hydrogen-bond acceptors (Lipinski definition) is 4. The third-order valence-corrected chi connectivity index (χ3v) is 1.26. The summed E-state index contributed by atoms with van der Waals surface area (Å²) in [6, 6.07) is 0. The molecule has 1 unspecified atom stereocenters. The molecule has 0 rings (SSSR count). The minimum Gasteiger partial charge on any atom is -0.478 e. The standard InChI is InChI=1S/C2H4O6S.2Na/c3-1(4)2(5)9(6,7)8;;/h2,5H,(H,3,4)(H,6,7,8);;. The van der Waals surface area contributed by atoms with Crippen LogP contribution >= 0.6 is 0 Å². The van der Waals surface area contributed by atoms with Gasteiger partial charge in [-0.3, -0.25) is 4.55 Å². The van der Waals surface area contributed by atoms with E-state index in [1.165, 1.54) is 0 Å². The van der Waals surface area contributed by atoms with E-state index in [4.69, 9.17) is 14.8 Å². The van der Waals surface area contributed by atoms with Crippen LogP contribution < -0.4 is 0 Å². The monoisotopic (exact) mass is 202 g/mol. The van der Waals surface area contributed by atoms with E-state index < -0.39 is 21.5 Å². The van der Waals surface area contributed by atoms with Crippen LogP contribution in [0.3, 0.4) is 0 Å². The summed E-state index contributed by atoms with van der Waals surface area (Å²) >= 11 is 0. The molecule has 9 heteroatoms. The van der Waals surface area contributed by atoms with Gasteiger partial charge in [0.25, 0.3) is 5.44 Å². The Bertz CT molecular complexity index is 209. The van der Waals surface area contributed by atoms with Crippen molar-refractivity contribution < 1.29 is 28.0 Å². The molecule has 0 aromatic carbocycles. The second-order valence-electron chi connectivity index (χ2n) is 1.21. The SMILES string of the molecule is O=C(O)C(O)S(=O)(=O)O.[Na].[Na]. The molecule has 0 aliphatic carbocycles. The van der Waals surface area contributed by atoms with E-state index in [2.05, 4.69) is 0 Å². The van der Waals surface area contributed by atoms with Crippen LogP contribution in [-0.4, -0.2) is 93.7 Å². The van der Waals surface area contributed by atoms with Crippen LogP contribution in [0.5, 0.6) is 0 Å². The Morgan fingerprint density at radius 2 is 1.55 bits per heavy atom. The molecular weight excluding hydrogens is 198 g/mol. The van der Waals surface area contributed by atoms with Crippen molar-refractivity contribution in [2.45, 2.75) is 5.44 Å². The summed E-state index contributed by atoms with van der Waals surface area (Å²) < 4.78 is 27.2. The summed E-state index contributed by atoms with van der Waals surface area (Å²) in [6.45, 7) is 0. The predicted molar refractivity (Wildman–Crippen MR) is 36.7 cm³/mol. The summed E-state index contributed by atoms with van der Waals surface area (Å²) in [5.41, 5.74) is -2.74. The number of aliphatic hydroxyl groups excluding tert-OH is 1. The smallest absolute Gasteiger partial charge is 0.351 e. The van der Waals surface area contributed by atoms with Gasteiger partial charge in [-0.1, -0.05) is 0 Å². The van der Waals surface area contributed by atoms with E-state index in [0.29, 0.717) is 0 Å². The molecule has 6 nitrogen and oxygen atoms in total. The molecule has 2 radical (unpaired) electrons. The topological polar surface area (TPSA) is 112 Å². The van der Waals surface area contributed by atoms with Gasteiger partial charge >= 0.3 is 16.1 Å². The Morgan fingerprint density at radius 3 is 1.55 bits per heavy atom. The molecule has 0 spiro atoms. The molecule has 0 saturated carbocycles. The largest absolute Gasteiger partial charge is 0.478 e. The van der Waals surface area contributed by atoms with Crippen molar-refractivity contribution in [3.63, 3.8) is 0 Å². The fourth-order valence-electron chi connectivity index (χ4n) is 0.127. The van der Waals surface area contributed by atoms with Gasteiger partial charge in [0.15, 0.2) is 0 Å². The number of carboxylic acid groups (broad SMARTS) is 1. The Hall–Kier alpha value is 1.34. The zero-order valence-electron chi connectivity index (χ0n) is 6.05. The first-order valence-electron chi connectivity index (χ1n) is 1.73. The Kier molecular flexibility index (Phi) is 11.3. The first-order chi connectivity index (χ1) is 3.85. The van der Waals surface area contributed by atoms with E-state index in [-0.39, 0.29) is 59.1 Å². The van der Waals surface area contributed by atoms with Crippen molar-refractivity contribution in [2.75, 3.05) is 0 Å². The van der Waals surface area contributed by atoms with E-state index in [0.717, 1.165) is 0 Å². The predicted octanol–water partition coefficient (Wildman–Crippen LogP) is -2.48. The molecule has 3 N–H and O–H groups in total. The number of rotatable bonds is 2. The van der Waals surface area contributed by atoms with Crippen molar-refractivity contribution in [1.82, 2.24) is 0 Å². The first-order valence-corrected chi connectivity index (χ1v) is 3.23. The first kappa shape index (κ1) is 18.2. The van der Waals surface area contributed by atoms with Crippen molar-refractivity contribution in [2.24, 2.45) is 0 Å². The maximum Gasteiger partial charge on any atom is 0.351 e. The van der Waals surface area contributed by atoms with Crippen LogP contribution in [0.1, 0.15) is 0 Å². The molecule has 0 heterocycles. The number of carbonyl (C=O) groups is 1. The van der Waals surface area contributed by atoms with Crippen molar-refractivity contribution >= 4 is 75.2 Å². The third-order valence-electron chi connectivity index (χ3n) is 0.493. The summed E-state index contributed by atoms with van der Waals surface area (Å²) in [6.07, 6.45) is 0. The summed E-state index contributed by atoms with van der Waals surface area (Å²) in [5, 5.41) is 15.8. The van der Waals surface area contributed by atoms with E-state index in [1.54, 1.807) is 0 Å². The molecule has 0 fully saturated rings. The van der Waals surface area contributed by atoms with Crippen molar-refractivity contribution in [1.29, 1.82) is 0 Å². The van der Waals surface area contributed by atoms with Crippen molar-refractivity contribution in [3.05, 3.63) is 0 Å². The normalized spacial score (nSPS) is 12.2. The molecule has 0 bridgehead atoms. The Labute approximate surface area is 107 Å². The second-order valence-corrected chi connectivity index (χ2v) is 2.68. The van der Waals surface area contributed by atoms with Crippen LogP contribution in [0.25, 0.3) is 0 Å². The second kappa shape index (κ2) is 6.81. The van der Waals surface area contributed by atoms with Gasteiger partial charge in [0.2, 0.25) is 0 Å². The summed E-state index contributed by atoms with van der Waals surface area (Å²) in [4.78, 5) is 9.56. The minimum absolute atomic E-state index is 0. The average Bonchev–Trinajstić information content (AvgIpc) is 1.62. The van der Waals surface area contributed by atoms with Crippen LogP contribution in [-0.2, 0) is 14.9 Å². The average molecular weight is 202 g/mol. The van der Waals surface area contributed by atoms with Crippen LogP contribution in [0.15, 0.2) is 0 Å². The Balaban J connectivity index is -0.000000320. The quantitative estimate of drug-likeness (QED) is 0.337. The van der Waals surface area contributed by atoms with Crippen LogP contribution in [0.2, 0.25) is 0 Å². The molecular formula is C2H4Na2O6S. The van der Waals surface area contributed by atoms with Gasteiger partial charge in [-0.25, -0.2) is 4.79 Å². The number of hydrogen-bond donors (Lipinski definition) is 3. The molecule has 56 valence electrons. The summed E-state index contributed by atoms with van der Waals surface area (Å²) in [5.74, 6) is -2.00. The molecule has 0 aromatic heterocycles. The minimum atomic E-state index is -4.85. The maximum atomic E-state index is 9.70. The van der Waals surface area contributed by atoms with Crippen LogP contribution in [0.4, 0.5) is 0 Å². The number of aliphatic carboxylic acids is 1. The Morgan fingerprint density at radius 1 is 1.27 bits per heavy atom. The van der Waals surface area contributed by atoms with Gasteiger partial charge in [0.1, 0.15) is 0 Å². The fraction of sp³-hybridized carbons (Fsp3) is 0.500. The van der Waals surface area contributed by atoms with E-state index in [1.807, 2.05) is 0 Å². The molecule has 0 aliphatic rings. The number of aliphatic hydroxyl groups is 1. The maximum absolute atomic E-state index is 9.70. The van der Waals surface area contributed by atoms with E-state index >= 15 is 0 Å². The summed E-state index contributed by atoms with van der Waals surface area (Å²) in [7, 11) is -4.85. The molecule has 0 saturated heterocycles. The van der Waals surface area contributed by atoms with Gasteiger partial charge in [-0.2, -0.15) is 8.42 Å². The van der Waals surface area contributed by atoms with Gasteiger partial charge in [0.05, 0.1) is 0 Å². The molecule has 0 amide bonds. The molecule has 11 heavy (non-hydrogen) atoms. The molecule has 0 aromatic rings. The third kappa shape index (κ3) is 7.69. The zero-order chi connectivity index (χ0) is 7.65. The van der Waals surface area contributed by atoms with Crippen molar-refractivity contribution in [3.8, 4) is 0 Å².